The van der Waals surface area contributed by atoms with Gasteiger partial charge in [-0.1, -0.05) is 67.3 Å². The summed E-state index contributed by atoms with van der Waals surface area (Å²) in [5, 5.41) is 3.17. The molecule has 2 aromatic carbocycles. The second-order valence-corrected chi connectivity index (χ2v) is 8.93. The molecule has 2 amide bonds. The number of pyridine rings is 1. The molecule has 1 N–H and O–H groups in total. The molecule has 0 radical (unpaired) electrons. The van der Waals surface area contributed by atoms with E-state index in [2.05, 4.69) is 10.3 Å². The highest BCUT2D eigenvalue weighted by molar-refractivity contribution is 5.96. The van der Waals surface area contributed by atoms with E-state index in [1.165, 1.54) is 18.6 Å². The number of hydrogen-bond acceptors (Lipinski definition) is 3. The smallest absolute Gasteiger partial charge is 0.273 e. The summed E-state index contributed by atoms with van der Waals surface area (Å²) in [6, 6.07) is 18.0. The second kappa shape index (κ2) is 11.1. The minimum absolute atomic E-state index is 0.0791. The van der Waals surface area contributed by atoms with E-state index in [9.17, 15) is 14.0 Å². The number of amides is 2. The van der Waals surface area contributed by atoms with Crippen LogP contribution in [0, 0.1) is 12.7 Å². The first-order valence-electron chi connectivity index (χ1n) is 11.8. The van der Waals surface area contributed by atoms with E-state index < -0.39 is 11.9 Å². The Kier molecular flexibility index (Phi) is 7.68. The molecule has 1 atom stereocenters. The van der Waals surface area contributed by atoms with Crippen molar-refractivity contribution in [3.63, 3.8) is 0 Å². The Hall–Kier alpha value is -3.54. The molecule has 0 saturated heterocycles. The van der Waals surface area contributed by atoms with Gasteiger partial charge >= 0.3 is 0 Å². The summed E-state index contributed by atoms with van der Waals surface area (Å²) < 4.78 is 13.7. The predicted molar refractivity (Wildman–Crippen MR) is 129 cm³/mol. The number of aryl methyl sites for hydroxylation is 1. The van der Waals surface area contributed by atoms with E-state index in [-0.39, 0.29) is 30.1 Å². The molecular formula is C28H30FN3O2. The van der Waals surface area contributed by atoms with E-state index in [0.29, 0.717) is 5.56 Å². The predicted octanol–water partition coefficient (Wildman–Crippen LogP) is 5.36. The van der Waals surface area contributed by atoms with Crippen LogP contribution in [-0.2, 0) is 11.3 Å². The van der Waals surface area contributed by atoms with E-state index >= 15 is 0 Å². The molecule has 0 aliphatic heterocycles. The lowest BCUT2D eigenvalue weighted by Gasteiger charge is -2.33. The minimum Gasteiger partial charge on any atom is -0.351 e. The summed E-state index contributed by atoms with van der Waals surface area (Å²) in [4.78, 5) is 33.2. The van der Waals surface area contributed by atoms with Crippen molar-refractivity contribution in [3.05, 3.63) is 101 Å². The van der Waals surface area contributed by atoms with Crippen molar-refractivity contribution in [3.8, 4) is 0 Å². The fourth-order valence-electron chi connectivity index (χ4n) is 4.45. The molecule has 5 nitrogen and oxygen atoms in total. The third kappa shape index (κ3) is 5.87. The first kappa shape index (κ1) is 23.6. The lowest BCUT2D eigenvalue weighted by molar-refractivity contribution is -0.127. The number of hydrogen-bond donors (Lipinski definition) is 1. The third-order valence-electron chi connectivity index (χ3n) is 6.32. The number of benzene rings is 2. The maximum absolute atomic E-state index is 13.7. The van der Waals surface area contributed by atoms with Gasteiger partial charge in [0.05, 0.1) is 0 Å². The molecule has 6 heteroatoms. The monoisotopic (exact) mass is 459 g/mol. The molecule has 0 bridgehead atoms. The van der Waals surface area contributed by atoms with Gasteiger partial charge in [-0.05, 0) is 55.2 Å². The minimum atomic E-state index is -0.918. The Morgan fingerprint density at radius 3 is 2.35 bits per heavy atom. The largest absolute Gasteiger partial charge is 0.351 e. The first-order valence-corrected chi connectivity index (χ1v) is 11.8. The molecule has 1 aromatic heterocycles. The number of aromatic nitrogens is 1. The molecule has 176 valence electrons. The number of carbonyl (C=O) groups excluding carboxylic acids is 2. The van der Waals surface area contributed by atoms with Crippen LogP contribution in [0.25, 0.3) is 0 Å². The van der Waals surface area contributed by atoms with E-state index in [1.807, 2.05) is 31.2 Å². The van der Waals surface area contributed by atoms with E-state index in [1.54, 1.807) is 41.4 Å². The van der Waals surface area contributed by atoms with Crippen LogP contribution < -0.4 is 5.32 Å². The Bertz CT molecular complexity index is 1090. The molecule has 1 saturated carbocycles. The van der Waals surface area contributed by atoms with Crippen LogP contribution in [0.5, 0.6) is 0 Å². The van der Waals surface area contributed by atoms with Crippen molar-refractivity contribution in [1.82, 2.24) is 15.2 Å². The summed E-state index contributed by atoms with van der Waals surface area (Å²) in [6.07, 6.45) is 6.73. The lowest BCUT2D eigenvalue weighted by Crippen LogP contribution is -2.47. The summed E-state index contributed by atoms with van der Waals surface area (Å²) in [6.45, 7) is 2.22. The Morgan fingerprint density at radius 2 is 1.71 bits per heavy atom. The van der Waals surface area contributed by atoms with Crippen LogP contribution in [0.15, 0.2) is 72.9 Å². The number of halogens is 1. The van der Waals surface area contributed by atoms with Gasteiger partial charge in [0.1, 0.15) is 17.6 Å². The molecular weight excluding hydrogens is 429 g/mol. The van der Waals surface area contributed by atoms with Gasteiger partial charge in [-0.3, -0.25) is 14.6 Å². The van der Waals surface area contributed by atoms with Crippen LogP contribution in [-0.4, -0.2) is 27.7 Å². The topological polar surface area (TPSA) is 62.3 Å². The molecule has 1 heterocycles. The van der Waals surface area contributed by atoms with Crippen LogP contribution in [0.2, 0.25) is 0 Å². The van der Waals surface area contributed by atoms with E-state index in [0.717, 1.165) is 36.8 Å². The van der Waals surface area contributed by atoms with Crippen molar-refractivity contribution in [2.75, 3.05) is 0 Å². The molecule has 0 unspecified atom stereocenters. The summed E-state index contributed by atoms with van der Waals surface area (Å²) in [5.41, 5.74) is 2.82. The summed E-state index contributed by atoms with van der Waals surface area (Å²) in [5.74, 6) is -1.000. The van der Waals surface area contributed by atoms with Crippen LogP contribution >= 0.6 is 0 Å². The van der Waals surface area contributed by atoms with Gasteiger partial charge in [-0.15, -0.1) is 0 Å². The molecule has 0 spiro atoms. The van der Waals surface area contributed by atoms with Crippen molar-refractivity contribution >= 4 is 11.8 Å². The highest BCUT2D eigenvalue weighted by atomic mass is 19.1. The van der Waals surface area contributed by atoms with Crippen molar-refractivity contribution < 1.29 is 14.0 Å². The van der Waals surface area contributed by atoms with Crippen molar-refractivity contribution in [2.24, 2.45) is 0 Å². The van der Waals surface area contributed by atoms with Gasteiger partial charge in [0.15, 0.2) is 0 Å². The molecule has 4 rings (SSSR count). The Labute approximate surface area is 200 Å². The zero-order valence-electron chi connectivity index (χ0n) is 19.4. The highest BCUT2D eigenvalue weighted by Gasteiger charge is 2.34. The van der Waals surface area contributed by atoms with Gasteiger partial charge in [-0.25, -0.2) is 4.39 Å². The SMILES string of the molecule is Cc1ccc(CN(C(=O)c2ccccn2)[C@@H](C(=O)NC2CCCCC2)c2ccc(F)cc2)cc1. The first-order chi connectivity index (χ1) is 16.5. The van der Waals surface area contributed by atoms with Crippen molar-refractivity contribution in [1.29, 1.82) is 0 Å². The maximum Gasteiger partial charge on any atom is 0.273 e. The van der Waals surface area contributed by atoms with Gasteiger partial charge in [0.2, 0.25) is 5.91 Å². The maximum atomic E-state index is 13.7. The molecule has 1 aliphatic carbocycles. The Morgan fingerprint density at radius 1 is 1.00 bits per heavy atom. The average Bonchev–Trinajstić information content (AvgIpc) is 2.86. The Balaban J connectivity index is 1.73. The number of nitrogens with zero attached hydrogens (tertiary/aromatic N) is 2. The lowest BCUT2D eigenvalue weighted by atomic mass is 9.94. The fourth-order valence-corrected chi connectivity index (χ4v) is 4.45. The highest BCUT2D eigenvalue weighted by Crippen LogP contribution is 2.27. The van der Waals surface area contributed by atoms with Crippen LogP contribution in [0.3, 0.4) is 0 Å². The number of carbonyl (C=O) groups is 2. The fraction of sp³-hybridized carbons (Fsp3) is 0.321. The number of nitrogens with one attached hydrogen (secondary N) is 1. The van der Waals surface area contributed by atoms with Gasteiger partial charge in [0, 0.05) is 18.8 Å². The molecule has 3 aromatic rings. The van der Waals surface area contributed by atoms with Gasteiger partial charge in [-0.2, -0.15) is 0 Å². The molecule has 34 heavy (non-hydrogen) atoms. The van der Waals surface area contributed by atoms with Crippen LogP contribution in [0.4, 0.5) is 4.39 Å². The van der Waals surface area contributed by atoms with Crippen molar-refractivity contribution in [2.45, 2.75) is 57.7 Å². The summed E-state index contributed by atoms with van der Waals surface area (Å²) >= 11 is 0. The third-order valence-corrected chi connectivity index (χ3v) is 6.32. The van der Waals surface area contributed by atoms with Gasteiger partial charge in [0.25, 0.3) is 5.91 Å². The standard InChI is InChI=1S/C28H30FN3O2/c1-20-10-12-21(13-11-20)19-32(28(34)25-9-5-6-18-30-25)26(22-14-16-23(29)17-15-22)27(33)31-24-7-3-2-4-8-24/h5-6,9-18,24,26H,2-4,7-8,19H2,1H3,(H,31,33)/t26-/m1/s1. The normalized spacial score (nSPS) is 14.9. The molecule has 1 aliphatic rings. The average molecular weight is 460 g/mol. The van der Waals surface area contributed by atoms with E-state index in [4.69, 9.17) is 0 Å². The van der Waals surface area contributed by atoms with Crippen LogP contribution in [0.1, 0.15) is 65.3 Å². The second-order valence-electron chi connectivity index (χ2n) is 8.93. The van der Waals surface area contributed by atoms with Gasteiger partial charge < -0.3 is 10.2 Å². The zero-order chi connectivity index (χ0) is 23.9. The quantitative estimate of drug-likeness (QED) is 0.517. The zero-order valence-corrected chi connectivity index (χ0v) is 19.4. The molecule has 1 fully saturated rings. The summed E-state index contributed by atoms with van der Waals surface area (Å²) in [7, 11) is 0. The number of rotatable bonds is 7.